The lowest BCUT2D eigenvalue weighted by atomic mass is 10.2. The number of carbonyl (C=O) groups is 1. The van der Waals surface area contributed by atoms with Crippen LogP contribution in [0.1, 0.15) is 19.3 Å². The van der Waals surface area contributed by atoms with Crippen molar-refractivity contribution in [2.75, 3.05) is 25.1 Å². The molecule has 0 aromatic heterocycles. The van der Waals surface area contributed by atoms with Gasteiger partial charge in [0.2, 0.25) is 5.91 Å². The standard InChI is InChI=1S/C11H18N4OS/c1-17-9-4-10(14)11(16)15(7-2-5-12)8-3-6-13/h10H,2-4,7-9,14H2,1H3/t10-/m1/s1. The minimum Gasteiger partial charge on any atom is -0.339 e. The highest BCUT2D eigenvalue weighted by Crippen LogP contribution is 2.04. The SMILES string of the molecule is CSCC[C@@H](N)C(=O)N(CCC#N)CCC#N. The van der Waals surface area contributed by atoms with Gasteiger partial charge in [-0.15, -0.1) is 0 Å². The first kappa shape index (κ1) is 15.8. The number of nitrogens with two attached hydrogens (primary N) is 1. The molecular weight excluding hydrogens is 236 g/mol. The van der Waals surface area contributed by atoms with Crippen LogP contribution in [0.5, 0.6) is 0 Å². The predicted octanol–water partition coefficient (Wildman–Crippen LogP) is 0.723. The van der Waals surface area contributed by atoms with Crippen molar-refractivity contribution in [3.63, 3.8) is 0 Å². The average molecular weight is 254 g/mol. The van der Waals surface area contributed by atoms with Crippen LogP contribution >= 0.6 is 11.8 Å². The van der Waals surface area contributed by atoms with E-state index in [0.29, 0.717) is 19.5 Å². The predicted molar refractivity (Wildman–Crippen MR) is 68.0 cm³/mol. The first-order valence-electron chi connectivity index (χ1n) is 5.44. The van der Waals surface area contributed by atoms with Crippen LogP contribution in [0.2, 0.25) is 0 Å². The molecule has 6 heteroatoms. The van der Waals surface area contributed by atoms with E-state index in [2.05, 4.69) is 0 Å². The van der Waals surface area contributed by atoms with Gasteiger partial charge in [0.1, 0.15) is 0 Å². The van der Waals surface area contributed by atoms with E-state index in [1.165, 1.54) is 4.90 Å². The zero-order chi connectivity index (χ0) is 13.1. The Labute approximate surface area is 107 Å². The van der Waals surface area contributed by atoms with Gasteiger partial charge in [-0.05, 0) is 18.4 Å². The summed E-state index contributed by atoms with van der Waals surface area (Å²) in [5.41, 5.74) is 5.78. The fourth-order valence-electron chi connectivity index (χ4n) is 1.30. The van der Waals surface area contributed by atoms with E-state index < -0.39 is 6.04 Å². The van der Waals surface area contributed by atoms with Crippen molar-refractivity contribution in [3.8, 4) is 12.1 Å². The Morgan fingerprint density at radius 1 is 1.35 bits per heavy atom. The third kappa shape index (κ3) is 6.83. The molecular formula is C11H18N4OS. The van der Waals surface area contributed by atoms with Crippen LogP contribution < -0.4 is 5.73 Å². The Hall–Kier alpha value is -1.24. The fraction of sp³-hybridized carbons (Fsp3) is 0.727. The van der Waals surface area contributed by atoms with Crippen molar-refractivity contribution in [3.05, 3.63) is 0 Å². The third-order valence-electron chi connectivity index (χ3n) is 2.25. The Kier molecular flexibility index (Phi) is 9.22. The summed E-state index contributed by atoms with van der Waals surface area (Å²) in [6.07, 6.45) is 3.12. The van der Waals surface area contributed by atoms with E-state index in [1.807, 2.05) is 18.4 Å². The minimum absolute atomic E-state index is 0.162. The molecule has 0 radical (unpaired) electrons. The molecule has 5 nitrogen and oxygen atoms in total. The summed E-state index contributed by atoms with van der Waals surface area (Å²) in [6, 6.07) is 3.45. The van der Waals surface area contributed by atoms with Crippen molar-refractivity contribution >= 4 is 17.7 Å². The smallest absolute Gasteiger partial charge is 0.239 e. The second-order valence-electron chi connectivity index (χ2n) is 3.53. The molecule has 0 saturated carbocycles. The Balaban J connectivity index is 4.30. The first-order chi connectivity index (χ1) is 8.17. The van der Waals surface area contributed by atoms with Crippen LogP contribution in [0.3, 0.4) is 0 Å². The van der Waals surface area contributed by atoms with Gasteiger partial charge >= 0.3 is 0 Å². The van der Waals surface area contributed by atoms with Crippen molar-refractivity contribution in [1.82, 2.24) is 4.90 Å². The first-order valence-corrected chi connectivity index (χ1v) is 6.84. The quantitative estimate of drug-likeness (QED) is 0.689. The van der Waals surface area contributed by atoms with Gasteiger partial charge in [-0.2, -0.15) is 22.3 Å². The van der Waals surface area contributed by atoms with Gasteiger partial charge in [-0.1, -0.05) is 0 Å². The Bertz CT molecular complexity index is 290. The zero-order valence-corrected chi connectivity index (χ0v) is 10.9. The van der Waals surface area contributed by atoms with Gasteiger partial charge in [-0.25, -0.2) is 0 Å². The highest BCUT2D eigenvalue weighted by molar-refractivity contribution is 7.98. The van der Waals surface area contributed by atoms with Gasteiger partial charge in [0.05, 0.1) is 31.0 Å². The Morgan fingerprint density at radius 2 is 1.88 bits per heavy atom. The second kappa shape index (κ2) is 9.95. The van der Waals surface area contributed by atoms with E-state index in [0.717, 1.165) is 5.75 Å². The van der Waals surface area contributed by atoms with E-state index >= 15 is 0 Å². The number of hydrogen-bond donors (Lipinski definition) is 1. The summed E-state index contributed by atoms with van der Waals surface area (Å²) in [4.78, 5) is 13.4. The number of nitriles is 2. The lowest BCUT2D eigenvalue weighted by Crippen LogP contribution is -2.44. The molecule has 1 atom stereocenters. The van der Waals surface area contributed by atoms with Crippen LogP contribution in [0.25, 0.3) is 0 Å². The molecule has 0 bridgehead atoms. The molecule has 0 aromatic carbocycles. The highest BCUT2D eigenvalue weighted by atomic mass is 32.2. The van der Waals surface area contributed by atoms with Crippen LogP contribution in [0, 0.1) is 22.7 Å². The average Bonchev–Trinajstić information content (AvgIpc) is 2.35. The summed E-state index contributed by atoms with van der Waals surface area (Å²) < 4.78 is 0. The van der Waals surface area contributed by atoms with E-state index in [-0.39, 0.29) is 18.7 Å². The number of hydrogen-bond acceptors (Lipinski definition) is 5. The summed E-state index contributed by atoms with van der Waals surface area (Å²) in [5, 5.41) is 17.0. The molecule has 0 rings (SSSR count). The van der Waals surface area contributed by atoms with E-state index in [1.54, 1.807) is 11.8 Å². The monoisotopic (exact) mass is 254 g/mol. The maximum Gasteiger partial charge on any atom is 0.239 e. The maximum absolute atomic E-state index is 11.9. The zero-order valence-electron chi connectivity index (χ0n) is 10.1. The minimum atomic E-state index is -0.528. The second-order valence-corrected chi connectivity index (χ2v) is 4.52. The molecule has 0 aliphatic carbocycles. The largest absolute Gasteiger partial charge is 0.339 e. The van der Waals surface area contributed by atoms with Crippen molar-refractivity contribution < 1.29 is 4.79 Å². The summed E-state index contributed by atoms with van der Waals surface area (Å²) in [6.45, 7) is 0.702. The molecule has 0 aromatic rings. The fourth-order valence-corrected chi connectivity index (χ4v) is 1.79. The summed E-state index contributed by atoms with van der Waals surface area (Å²) in [5.74, 6) is 0.668. The highest BCUT2D eigenvalue weighted by Gasteiger charge is 2.19. The molecule has 94 valence electrons. The van der Waals surface area contributed by atoms with Crippen LogP contribution in [-0.4, -0.2) is 41.9 Å². The summed E-state index contributed by atoms with van der Waals surface area (Å²) >= 11 is 1.64. The van der Waals surface area contributed by atoms with Crippen molar-refractivity contribution in [2.24, 2.45) is 5.73 Å². The van der Waals surface area contributed by atoms with Gasteiger partial charge in [0, 0.05) is 13.1 Å². The lowest BCUT2D eigenvalue weighted by molar-refractivity contribution is -0.132. The van der Waals surface area contributed by atoms with Gasteiger partial charge in [0.15, 0.2) is 0 Å². The van der Waals surface area contributed by atoms with Crippen molar-refractivity contribution in [2.45, 2.75) is 25.3 Å². The van der Waals surface area contributed by atoms with Crippen LogP contribution in [-0.2, 0) is 4.79 Å². The van der Waals surface area contributed by atoms with Gasteiger partial charge < -0.3 is 10.6 Å². The third-order valence-corrected chi connectivity index (χ3v) is 2.89. The molecule has 1 amide bonds. The van der Waals surface area contributed by atoms with Crippen molar-refractivity contribution in [1.29, 1.82) is 10.5 Å². The molecule has 0 aliphatic rings. The Morgan fingerprint density at radius 3 is 2.29 bits per heavy atom. The van der Waals surface area contributed by atoms with E-state index in [4.69, 9.17) is 16.3 Å². The number of nitrogens with zero attached hydrogens (tertiary/aromatic N) is 3. The molecule has 2 N–H and O–H groups in total. The number of rotatable bonds is 8. The molecule has 0 spiro atoms. The number of carbonyl (C=O) groups excluding carboxylic acids is 1. The maximum atomic E-state index is 11.9. The summed E-state index contributed by atoms with van der Waals surface area (Å²) in [7, 11) is 0. The van der Waals surface area contributed by atoms with Crippen LogP contribution in [0.4, 0.5) is 0 Å². The molecule has 0 aliphatic heterocycles. The normalized spacial score (nSPS) is 11.3. The molecule has 0 unspecified atom stereocenters. The topological polar surface area (TPSA) is 93.9 Å². The van der Waals surface area contributed by atoms with Gasteiger partial charge in [-0.3, -0.25) is 4.79 Å². The van der Waals surface area contributed by atoms with Crippen LogP contribution in [0.15, 0.2) is 0 Å². The molecule has 0 saturated heterocycles. The molecule has 17 heavy (non-hydrogen) atoms. The molecule has 0 heterocycles. The lowest BCUT2D eigenvalue weighted by Gasteiger charge is -2.23. The number of amides is 1. The van der Waals surface area contributed by atoms with Gasteiger partial charge in [0.25, 0.3) is 0 Å². The number of thioether (sulfide) groups is 1. The van der Waals surface area contributed by atoms with E-state index in [9.17, 15) is 4.79 Å². The molecule has 0 fully saturated rings.